The van der Waals surface area contributed by atoms with Crippen LogP contribution >= 0.6 is 0 Å². The molecule has 0 bridgehead atoms. The molecule has 0 saturated heterocycles. The first-order valence-corrected chi connectivity index (χ1v) is 10.5. The molecule has 0 fully saturated rings. The number of carbonyl (C=O) groups is 1. The summed E-state index contributed by atoms with van der Waals surface area (Å²) >= 11 is 0. The third kappa shape index (κ3) is 5.59. The van der Waals surface area contributed by atoms with Gasteiger partial charge < -0.3 is 14.6 Å². The average Bonchev–Trinajstić information content (AvgIpc) is 3.05. The molecule has 29 heavy (non-hydrogen) atoms. The van der Waals surface area contributed by atoms with Crippen molar-refractivity contribution in [2.45, 2.75) is 53.0 Å². The van der Waals surface area contributed by atoms with Gasteiger partial charge in [-0.25, -0.2) is 4.98 Å². The number of nitrogens with zero attached hydrogens (tertiary/aromatic N) is 2. The van der Waals surface area contributed by atoms with E-state index < -0.39 is 0 Å². The van der Waals surface area contributed by atoms with E-state index in [9.17, 15) is 4.79 Å². The first kappa shape index (κ1) is 20.9. The minimum absolute atomic E-state index is 0.108. The molecule has 0 aliphatic rings. The second kappa shape index (κ2) is 10.1. The van der Waals surface area contributed by atoms with Gasteiger partial charge in [-0.3, -0.25) is 4.79 Å². The maximum absolute atomic E-state index is 11.7. The number of fused-ring (bicyclic) bond motifs is 1. The van der Waals surface area contributed by atoms with Gasteiger partial charge in [-0.1, -0.05) is 31.2 Å². The van der Waals surface area contributed by atoms with E-state index in [1.807, 2.05) is 25.1 Å². The van der Waals surface area contributed by atoms with Gasteiger partial charge >= 0.3 is 0 Å². The van der Waals surface area contributed by atoms with Crippen molar-refractivity contribution < 1.29 is 9.53 Å². The van der Waals surface area contributed by atoms with Gasteiger partial charge in [0, 0.05) is 25.9 Å². The summed E-state index contributed by atoms with van der Waals surface area (Å²) in [5.74, 6) is 2.08. The zero-order valence-electron chi connectivity index (χ0n) is 17.7. The second-order valence-electron chi connectivity index (χ2n) is 7.49. The molecule has 0 aliphatic heterocycles. The minimum Gasteiger partial charge on any atom is -0.493 e. The number of aryl methyl sites for hydroxylation is 3. The number of benzene rings is 2. The van der Waals surface area contributed by atoms with Crippen LogP contribution in [0.3, 0.4) is 0 Å². The van der Waals surface area contributed by atoms with Crippen molar-refractivity contribution in [2.24, 2.45) is 0 Å². The summed E-state index contributed by atoms with van der Waals surface area (Å²) in [6.45, 7) is 8.27. The van der Waals surface area contributed by atoms with Gasteiger partial charge in [-0.05, 0) is 56.0 Å². The van der Waals surface area contributed by atoms with Crippen LogP contribution < -0.4 is 10.1 Å². The highest BCUT2D eigenvalue weighted by Gasteiger charge is 2.11. The van der Waals surface area contributed by atoms with Crippen molar-refractivity contribution in [1.82, 2.24) is 14.9 Å². The molecule has 3 rings (SSSR count). The Labute approximate surface area is 173 Å². The molecule has 3 aromatic rings. The molecular weight excluding hydrogens is 362 g/mol. The molecule has 0 radical (unpaired) electrons. The zero-order valence-corrected chi connectivity index (χ0v) is 17.7. The summed E-state index contributed by atoms with van der Waals surface area (Å²) in [4.78, 5) is 16.5. The Morgan fingerprint density at radius 3 is 2.83 bits per heavy atom. The summed E-state index contributed by atoms with van der Waals surface area (Å²) in [7, 11) is 0. The number of aromatic nitrogens is 2. The molecule has 154 valence electrons. The molecule has 0 saturated carbocycles. The van der Waals surface area contributed by atoms with Gasteiger partial charge in [-0.2, -0.15) is 0 Å². The predicted octanol–water partition coefficient (Wildman–Crippen LogP) is 4.58. The van der Waals surface area contributed by atoms with Crippen LogP contribution in [0.5, 0.6) is 5.75 Å². The van der Waals surface area contributed by atoms with Gasteiger partial charge in [0.25, 0.3) is 0 Å². The fraction of sp³-hybridized carbons (Fsp3) is 0.417. The number of carbonyl (C=O) groups excluding carboxylic acids is 1. The molecule has 5 heteroatoms. The molecule has 1 N–H and O–H groups in total. The lowest BCUT2D eigenvalue weighted by Crippen LogP contribution is -2.26. The van der Waals surface area contributed by atoms with Crippen molar-refractivity contribution in [3.63, 3.8) is 0 Å². The lowest BCUT2D eigenvalue weighted by Gasteiger charge is -2.12. The number of nitrogens with one attached hydrogen (secondary N) is 1. The van der Waals surface area contributed by atoms with E-state index in [1.165, 1.54) is 5.56 Å². The van der Waals surface area contributed by atoms with Crippen molar-refractivity contribution in [3.8, 4) is 5.75 Å². The average molecular weight is 394 g/mol. The van der Waals surface area contributed by atoms with Gasteiger partial charge in [0.15, 0.2) is 0 Å². The maximum atomic E-state index is 11.7. The quantitative estimate of drug-likeness (QED) is 0.513. The Kier molecular flexibility index (Phi) is 7.28. The summed E-state index contributed by atoms with van der Waals surface area (Å²) < 4.78 is 8.27. The molecule has 1 heterocycles. The summed E-state index contributed by atoms with van der Waals surface area (Å²) in [5, 5.41) is 2.99. The number of amides is 1. The largest absolute Gasteiger partial charge is 0.493 e. The van der Waals surface area contributed by atoms with Crippen LogP contribution in [0, 0.1) is 13.8 Å². The lowest BCUT2D eigenvalue weighted by atomic mass is 10.1. The predicted molar refractivity (Wildman–Crippen MR) is 117 cm³/mol. The van der Waals surface area contributed by atoms with E-state index in [4.69, 9.17) is 9.72 Å². The van der Waals surface area contributed by atoms with E-state index in [-0.39, 0.29) is 5.91 Å². The smallest absolute Gasteiger partial charge is 0.219 e. The lowest BCUT2D eigenvalue weighted by molar-refractivity contribution is -0.121. The van der Waals surface area contributed by atoms with Crippen molar-refractivity contribution in [2.75, 3.05) is 13.2 Å². The van der Waals surface area contributed by atoms with Crippen molar-refractivity contribution >= 4 is 16.9 Å². The maximum Gasteiger partial charge on any atom is 0.219 e. The molecule has 0 spiro atoms. The Morgan fingerprint density at radius 1 is 1.17 bits per heavy atom. The fourth-order valence-electron chi connectivity index (χ4n) is 3.46. The molecule has 2 aromatic carbocycles. The van der Waals surface area contributed by atoms with Crippen molar-refractivity contribution in [3.05, 3.63) is 59.4 Å². The van der Waals surface area contributed by atoms with E-state index in [2.05, 4.69) is 48.0 Å². The highest BCUT2D eigenvalue weighted by Crippen LogP contribution is 2.20. The van der Waals surface area contributed by atoms with Crippen LogP contribution in [0.2, 0.25) is 0 Å². The van der Waals surface area contributed by atoms with Crippen LogP contribution in [0.4, 0.5) is 0 Å². The van der Waals surface area contributed by atoms with Crippen LogP contribution in [0.1, 0.15) is 43.1 Å². The van der Waals surface area contributed by atoms with Gasteiger partial charge in [0.2, 0.25) is 5.91 Å². The first-order valence-electron chi connectivity index (χ1n) is 10.5. The minimum atomic E-state index is 0.108. The summed E-state index contributed by atoms with van der Waals surface area (Å²) in [6, 6.07) is 14.5. The van der Waals surface area contributed by atoms with E-state index in [1.54, 1.807) is 0 Å². The van der Waals surface area contributed by atoms with Crippen LogP contribution in [0.15, 0.2) is 42.5 Å². The Morgan fingerprint density at radius 2 is 2.00 bits per heavy atom. The third-order valence-electron chi connectivity index (χ3n) is 5.01. The molecule has 0 aliphatic carbocycles. The standard InChI is InChI=1S/C24H31N3O2/c1-4-8-24(28)25-14-13-23-26-20-9-5-6-10-21(20)27(23)15-7-16-29-22-17-18(2)11-12-19(22)3/h5-6,9-12,17H,4,7-8,13-16H2,1-3H3,(H,25,28). The fourth-order valence-corrected chi connectivity index (χ4v) is 3.46. The van der Waals surface area contributed by atoms with Crippen molar-refractivity contribution in [1.29, 1.82) is 0 Å². The Hall–Kier alpha value is -2.82. The highest BCUT2D eigenvalue weighted by atomic mass is 16.5. The molecular formula is C24H31N3O2. The molecule has 1 aromatic heterocycles. The second-order valence-corrected chi connectivity index (χ2v) is 7.49. The number of hydrogen-bond acceptors (Lipinski definition) is 3. The number of imidazole rings is 1. The number of hydrogen-bond donors (Lipinski definition) is 1. The summed E-state index contributed by atoms with van der Waals surface area (Å²) in [6.07, 6.45) is 3.06. The normalized spacial score (nSPS) is 11.0. The SMILES string of the molecule is CCCC(=O)NCCc1nc2ccccc2n1CCCOc1cc(C)ccc1C. The number of rotatable bonds is 10. The molecule has 5 nitrogen and oxygen atoms in total. The molecule has 1 amide bonds. The molecule has 0 atom stereocenters. The zero-order chi connectivity index (χ0) is 20.6. The first-order chi connectivity index (χ1) is 14.1. The van der Waals surface area contributed by atoms with E-state index in [0.29, 0.717) is 19.6 Å². The van der Waals surface area contributed by atoms with Crippen LogP contribution in [-0.4, -0.2) is 28.6 Å². The Bertz CT molecular complexity index is 962. The highest BCUT2D eigenvalue weighted by molar-refractivity contribution is 5.76. The number of para-hydroxylation sites is 2. The third-order valence-corrected chi connectivity index (χ3v) is 5.01. The Balaban J connectivity index is 1.62. The monoisotopic (exact) mass is 393 g/mol. The molecule has 0 unspecified atom stereocenters. The summed E-state index contributed by atoms with van der Waals surface area (Å²) in [5.41, 5.74) is 4.50. The van der Waals surface area contributed by atoms with Crippen LogP contribution in [0.25, 0.3) is 11.0 Å². The van der Waals surface area contributed by atoms with Gasteiger partial charge in [0.1, 0.15) is 11.6 Å². The number of ether oxygens (including phenoxy) is 1. The van der Waals surface area contributed by atoms with Gasteiger partial charge in [0.05, 0.1) is 17.6 Å². The van der Waals surface area contributed by atoms with E-state index in [0.717, 1.165) is 54.0 Å². The van der Waals surface area contributed by atoms with Crippen LogP contribution in [-0.2, 0) is 17.8 Å². The van der Waals surface area contributed by atoms with E-state index >= 15 is 0 Å². The topological polar surface area (TPSA) is 56.2 Å². The van der Waals surface area contributed by atoms with Gasteiger partial charge in [-0.15, -0.1) is 0 Å².